The van der Waals surface area contributed by atoms with Gasteiger partial charge in [-0.05, 0) is 69.9 Å². The first-order chi connectivity index (χ1) is 18.6. The van der Waals surface area contributed by atoms with Crippen molar-refractivity contribution in [1.82, 2.24) is 24.4 Å². The molecule has 40 heavy (non-hydrogen) atoms. The van der Waals surface area contributed by atoms with Gasteiger partial charge in [-0.2, -0.15) is 5.10 Å². The number of hydrogen-bond acceptors (Lipinski definition) is 5. The third-order valence-electron chi connectivity index (χ3n) is 7.03. The van der Waals surface area contributed by atoms with E-state index in [9.17, 15) is 14.0 Å². The smallest absolute Gasteiger partial charge is 0.410 e. The molecule has 0 spiro atoms. The highest BCUT2D eigenvalue weighted by Crippen LogP contribution is 2.32. The van der Waals surface area contributed by atoms with Crippen molar-refractivity contribution in [3.63, 3.8) is 0 Å². The van der Waals surface area contributed by atoms with Crippen molar-refractivity contribution < 1.29 is 18.7 Å². The fourth-order valence-corrected chi connectivity index (χ4v) is 4.73. The lowest BCUT2D eigenvalue weighted by atomic mass is 9.87. The number of aromatic nitrogens is 3. The minimum Gasteiger partial charge on any atom is -0.444 e. The van der Waals surface area contributed by atoms with Crippen molar-refractivity contribution in [2.75, 3.05) is 19.6 Å². The molecule has 1 fully saturated rings. The molecule has 3 aromatic rings. The van der Waals surface area contributed by atoms with Gasteiger partial charge >= 0.3 is 6.09 Å². The van der Waals surface area contributed by atoms with E-state index in [1.807, 2.05) is 45.6 Å². The van der Waals surface area contributed by atoms with Gasteiger partial charge in [-0.25, -0.2) is 18.7 Å². The van der Waals surface area contributed by atoms with Crippen LogP contribution in [-0.2, 0) is 10.2 Å². The number of halogens is 1. The number of amides is 2. The predicted molar refractivity (Wildman–Crippen MR) is 156 cm³/mol. The quantitative estimate of drug-likeness (QED) is 0.347. The molecule has 0 bridgehead atoms. The van der Waals surface area contributed by atoms with Crippen LogP contribution in [0.3, 0.4) is 0 Å². The van der Waals surface area contributed by atoms with Crippen LogP contribution in [-0.4, -0.2) is 67.2 Å². The number of carbonyl (C=O) groups excluding carboxylic acids is 2. The van der Waals surface area contributed by atoms with Crippen LogP contribution in [0.4, 0.5) is 9.18 Å². The van der Waals surface area contributed by atoms with E-state index in [0.717, 1.165) is 11.1 Å². The van der Waals surface area contributed by atoms with Gasteiger partial charge in [0.2, 0.25) is 0 Å². The topological polar surface area (TPSA) is 80.0 Å². The van der Waals surface area contributed by atoms with Gasteiger partial charge in [-0.15, -0.1) is 13.2 Å². The van der Waals surface area contributed by atoms with Gasteiger partial charge in [0, 0.05) is 30.8 Å². The van der Waals surface area contributed by atoms with Crippen molar-refractivity contribution in [2.45, 2.75) is 78.4 Å². The first-order valence-corrected chi connectivity index (χ1v) is 13.6. The molecule has 0 N–H and O–H groups in total. The fourth-order valence-electron chi connectivity index (χ4n) is 4.73. The van der Waals surface area contributed by atoms with Crippen molar-refractivity contribution >= 4 is 17.6 Å². The number of benzene rings is 1. The summed E-state index contributed by atoms with van der Waals surface area (Å²) in [5.74, 6) is -0.515. The van der Waals surface area contributed by atoms with Gasteiger partial charge in [0.25, 0.3) is 5.91 Å². The molecule has 1 aliphatic rings. The number of imidazole rings is 1. The average Bonchev–Trinajstić information content (AvgIpc) is 3.32. The molecule has 2 amide bonds. The van der Waals surface area contributed by atoms with Gasteiger partial charge in [0.15, 0.2) is 5.65 Å². The summed E-state index contributed by atoms with van der Waals surface area (Å²) in [7, 11) is 0. The summed E-state index contributed by atoms with van der Waals surface area (Å²) in [5, 5.41) is 4.71. The van der Waals surface area contributed by atoms with Gasteiger partial charge in [0.05, 0.1) is 17.4 Å². The van der Waals surface area contributed by atoms with Crippen LogP contribution in [0.5, 0.6) is 0 Å². The van der Waals surface area contributed by atoms with Gasteiger partial charge in [0.1, 0.15) is 17.1 Å². The number of nitrogens with zero attached hydrogens (tertiary/aromatic N) is 5. The minimum absolute atomic E-state index is 0.202. The van der Waals surface area contributed by atoms with E-state index in [0.29, 0.717) is 43.1 Å². The summed E-state index contributed by atoms with van der Waals surface area (Å²) in [6.45, 7) is 22.9. The predicted octanol–water partition coefficient (Wildman–Crippen LogP) is 6.50. The molecule has 0 aliphatic carbocycles. The van der Waals surface area contributed by atoms with Crippen LogP contribution >= 0.6 is 0 Å². The van der Waals surface area contributed by atoms with Crippen LogP contribution in [0, 0.1) is 5.82 Å². The maximum Gasteiger partial charge on any atom is 0.410 e. The monoisotopic (exact) mass is 551 g/mol. The molecule has 2 aromatic heterocycles. The third-order valence-corrected chi connectivity index (χ3v) is 7.03. The molecule has 9 heteroatoms. The molecule has 1 unspecified atom stereocenters. The summed E-state index contributed by atoms with van der Waals surface area (Å²) in [6, 6.07) is 8.15. The average molecular weight is 552 g/mol. The van der Waals surface area contributed by atoms with Crippen molar-refractivity contribution in [2.24, 2.45) is 0 Å². The Morgan fingerprint density at radius 1 is 1.07 bits per heavy atom. The molecule has 1 atom stereocenters. The number of hydrogen-bond donors (Lipinski definition) is 0. The number of carbonyl (C=O) groups is 2. The van der Waals surface area contributed by atoms with Crippen LogP contribution < -0.4 is 0 Å². The molecule has 3 heterocycles. The second-order valence-corrected chi connectivity index (χ2v) is 12.3. The SMILES string of the molecule is C=C.CCC1(C)CN(C(=O)OC(C)(C)C)CCN1C(=O)c1cn2nc(-c3ccc(F)cc3)cc(C(C)(C)C)c2n1. The molecule has 1 saturated heterocycles. The molecular weight excluding hydrogens is 509 g/mol. The molecule has 1 aromatic carbocycles. The van der Waals surface area contributed by atoms with E-state index in [2.05, 4.69) is 33.9 Å². The Bertz CT molecular complexity index is 1370. The molecule has 8 nitrogen and oxygen atoms in total. The van der Waals surface area contributed by atoms with Crippen molar-refractivity contribution in [3.8, 4) is 11.3 Å². The molecular formula is C31H42FN5O3. The van der Waals surface area contributed by atoms with Crippen LogP contribution in [0.1, 0.15) is 77.9 Å². The first kappa shape index (κ1) is 30.8. The van der Waals surface area contributed by atoms with Crippen molar-refractivity contribution in [3.05, 3.63) is 66.8 Å². The lowest BCUT2D eigenvalue weighted by Crippen LogP contribution is -2.63. The van der Waals surface area contributed by atoms with Gasteiger partial charge in [-0.1, -0.05) is 27.7 Å². The Labute approximate surface area is 236 Å². The summed E-state index contributed by atoms with van der Waals surface area (Å²) in [6.07, 6.45) is 1.95. The van der Waals surface area contributed by atoms with Crippen molar-refractivity contribution in [1.29, 1.82) is 0 Å². The first-order valence-electron chi connectivity index (χ1n) is 13.6. The highest BCUT2D eigenvalue weighted by atomic mass is 19.1. The number of ether oxygens (including phenoxy) is 1. The van der Waals surface area contributed by atoms with Gasteiger partial charge < -0.3 is 14.5 Å². The lowest BCUT2D eigenvalue weighted by Gasteiger charge is -2.48. The fraction of sp³-hybridized carbons (Fsp3) is 0.484. The summed E-state index contributed by atoms with van der Waals surface area (Å²) in [4.78, 5) is 34.8. The number of piperazine rings is 1. The lowest BCUT2D eigenvalue weighted by molar-refractivity contribution is -0.0163. The second kappa shape index (κ2) is 11.4. The Kier molecular flexibility index (Phi) is 8.77. The standard InChI is InChI=1S/C29H38FN5O3.C2H4/c1-9-29(8)18-33(26(37)38-28(5,6)7)14-15-34(29)25(36)23-17-35-24(31-23)21(27(2,3)4)16-22(32-35)19-10-12-20(30)13-11-19;1-2/h10-13,16-17H,9,14-15,18H2,1-8H3;1-2H2. The Morgan fingerprint density at radius 2 is 1.70 bits per heavy atom. The number of fused-ring (bicyclic) bond motifs is 1. The Hall–Kier alpha value is -3.75. The zero-order valence-corrected chi connectivity index (χ0v) is 25.0. The summed E-state index contributed by atoms with van der Waals surface area (Å²) < 4.78 is 20.7. The van der Waals surface area contributed by atoms with E-state index >= 15 is 0 Å². The van der Waals surface area contributed by atoms with Crippen LogP contribution in [0.25, 0.3) is 16.9 Å². The van der Waals surface area contributed by atoms with E-state index < -0.39 is 11.1 Å². The zero-order chi connectivity index (χ0) is 30.0. The highest BCUT2D eigenvalue weighted by Gasteiger charge is 2.42. The zero-order valence-electron chi connectivity index (χ0n) is 25.0. The normalized spacial score (nSPS) is 17.8. The van der Waals surface area contributed by atoms with E-state index in [1.54, 1.807) is 27.7 Å². The molecule has 216 valence electrons. The molecule has 4 rings (SSSR count). The molecule has 0 radical (unpaired) electrons. The van der Waals surface area contributed by atoms with Crippen LogP contribution in [0.2, 0.25) is 0 Å². The largest absolute Gasteiger partial charge is 0.444 e. The van der Waals surface area contributed by atoms with Crippen LogP contribution in [0.15, 0.2) is 49.7 Å². The third kappa shape index (κ3) is 6.51. The molecule has 0 saturated carbocycles. The highest BCUT2D eigenvalue weighted by molar-refractivity contribution is 5.94. The minimum atomic E-state index is -0.590. The van der Waals surface area contributed by atoms with E-state index in [-0.39, 0.29) is 23.2 Å². The van der Waals surface area contributed by atoms with E-state index in [4.69, 9.17) is 14.8 Å². The van der Waals surface area contributed by atoms with E-state index in [1.165, 1.54) is 12.1 Å². The molecule has 1 aliphatic heterocycles. The summed E-state index contributed by atoms with van der Waals surface area (Å²) >= 11 is 0. The van der Waals surface area contributed by atoms with Gasteiger partial charge in [-0.3, -0.25) is 4.79 Å². The maximum atomic E-state index is 13.8. The number of rotatable bonds is 3. The summed E-state index contributed by atoms with van der Waals surface area (Å²) in [5.41, 5.74) is 1.83. The Morgan fingerprint density at radius 3 is 2.25 bits per heavy atom. The maximum absolute atomic E-state index is 13.8. The second-order valence-electron chi connectivity index (χ2n) is 12.3. The Balaban J connectivity index is 0.00000216.